The zero-order valence-corrected chi connectivity index (χ0v) is 15.6. The van der Waals surface area contributed by atoms with Gasteiger partial charge in [0.2, 0.25) is 11.8 Å². The van der Waals surface area contributed by atoms with Gasteiger partial charge in [-0.05, 0) is 52.3 Å². The van der Waals surface area contributed by atoms with Gasteiger partial charge in [-0.1, -0.05) is 60.7 Å². The van der Waals surface area contributed by atoms with Crippen LogP contribution in [0, 0.1) is 0 Å². The predicted molar refractivity (Wildman–Crippen MR) is 112 cm³/mol. The van der Waals surface area contributed by atoms with Gasteiger partial charge in [0.1, 0.15) is 0 Å². The first-order valence-electron chi connectivity index (χ1n) is 9.50. The molecular weight excluding hydrogens is 348 g/mol. The Morgan fingerprint density at radius 2 is 1.68 bits per heavy atom. The van der Waals surface area contributed by atoms with E-state index in [0.717, 1.165) is 45.5 Å². The highest BCUT2D eigenvalue weighted by Gasteiger charge is 2.16. The molecule has 0 radical (unpaired) electrons. The molecule has 0 spiro atoms. The van der Waals surface area contributed by atoms with Crippen molar-refractivity contribution in [2.45, 2.75) is 25.7 Å². The number of amides is 2. The smallest absolute Gasteiger partial charge is 0.224 e. The minimum Gasteiger partial charge on any atom is -0.370 e. The van der Waals surface area contributed by atoms with E-state index in [0.29, 0.717) is 19.3 Å². The first-order valence-corrected chi connectivity index (χ1v) is 9.50. The third-order valence-corrected chi connectivity index (χ3v) is 5.17. The number of aryl methyl sites for hydroxylation is 2. The van der Waals surface area contributed by atoms with Gasteiger partial charge in [-0.15, -0.1) is 0 Å². The Hall–Kier alpha value is -3.40. The Morgan fingerprint density at radius 1 is 0.893 bits per heavy atom. The van der Waals surface area contributed by atoms with E-state index in [1.54, 1.807) is 0 Å². The fraction of sp³-hybridized carbons (Fsp3) is 0.167. The number of carbonyl (C=O) groups is 2. The van der Waals surface area contributed by atoms with E-state index < -0.39 is 0 Å². The van der Waals surface area contributed by atoms with Gasteiger partial charge >= 0.3 is 0 Å². The number of nitrogens with two attached hydrogens (primary N) is 1. The number of anilines is 1. The van der Waals surface area contributed by atoms with Crippen molar-refractivity contribution in [1.82, 2.24) is 0 Å². The molecule has 0 fully saturated rings. The van der Waals surface area contributed by atoms with E-state index in [-0.39, 0.29) is 11.8 Å². The molecule has 1 heterocycles. The summed E-state index contributed by atoms with van der Waals surface area (Å²) in [6.45, 7) is 0. The van der Waals surface area contributed by atoms with Crippen LogP contribution in [0.3, 0.4) is 0 Å². The van der Waals surface area contributed by atoms with E-state index in [4.69, 9.17) is 5.73 Å². The number of carbonyl (C=O) groups excluding carboxylic acids is 2. The fourth-order valence-electron chi connectivity index (χ4n) is 3.69. The second kappa shape index (κ2) is 7.69. The third kappa shape index (κ3) is 3.81. The molecule has 0 aliphatic carbocycles. The number of primary amides is 1. The summed E-state index contributed by atoms with van der Waals surface area (Å²) in [5.74, 6) is -0.258. The molecule has 0 bridgehead atoms. The lowest BCUT2D eigenvalue weighted by molar-refractivity contribution is -0.118. The van der Waals surface area contributed by atoms with Crippen LogP contribution in [-0.2, 0) is 22.4 Å². The maximum Gasteiger partial charge on any atom is 0.224 e. The van der Waals surface area contributed by atoms with Crippen LogP contribution in [0.4, 0.5) is 5.69 Å². The van der Waals surface area contributed by atoms with Crippen LogP contribution < -0.4 is 11.1 Å². The number of nitrogens with one attached hydrogen (secondary N) is 1. The van der Waals surface area contributed by atoms with Crippen LogP contribution >= 0.6 is 0 Å². The molecule has 0 atom stereocenters. The van der Waals surface area contributed by atoms with E-state index >= 15 is 0 Å². The molecule has 1 aliphatic heterocycles. The van der Waals surface area contributed by atoms with E-state index in [9.17, 15) is 9.59 Å². The number of hydrogen-bond donors (Lipinski definition) is 2. The summed E-state index contributed by atoms with van der Waals surface area (Å²) in [7, 11) is 0. The molecule has 0 saturated carbocycles. The van der Waals surface area contributed by atoms with Crippen LogP contribution in [0.25, 0.3) is 22.3 Å². The first kappa shape index (κ1) is 18.0. The van der Waals surface area contributed by atoms with Gasteiger partial charge < -0.3 is 11.1 Å². The number of benzene rings is 3. The summed E-state index contributed by atoms with van der Waals surface area (Å²) in [6, 6.07) is 22.7. The Morgan fingerprint density at radius 3 is 2.46 bits per heavy atom. The summed E-state index contributed by atoms with van der Waals surface area (Å²) in [4.78, 5) is 23.1. The van der Waals surface area contributed by atoms with Crippen LogP contribution in [0.5, 0.6) is 0 Å². The van der Waals surface area contributed by atoms with Gasteiger partial charge in [-0.2, -0.15) is 0 Å². The molecule has 3 aromatic carbocycles. The van der Waals surface area contributed by atoms with E-state index in [1.165, 1.54) is 0 Å². The van der Waals surface area contributed by atoms with Crippen molar-refractivity contribution >= 4 is 17.5 Å². The number of rotatable bonds is 5. The van der Waals surface area contributed by atoms with Crippen molar-refractivity contribution in [3.8, 4) is 22.3 Å². The maximum atomic E-state index is 11.8. The van der Waals surface area contributed by atoms with Crippen molar-refractivity contribution in [3.63, 3.8) is 0 Å². The number of hydrogen-bond acceptors (Lipinski definition) is 2. The molecule has 28 heavy (non-hydrogen) atoms. The van der Waals surface area contributed by atoms with Crippen LogP contribution in [0.2, 0.25) is 0 Å². The maximum absolute atomic E-state index is 11.8. The topological polar surface area (TPSA) is 72.2 Å². The molecule has 140 valence electrons. The highest BCUT2D eigenvalue weighted by atomic mass is 16.1. The second-order valence-corrected chi connectivity index (χ2v) is 7.12. The highest BCUT2D eigenvalue weighted by molar-refractivity contribution is 5.95. The minimum atomic E-state index is -0.311. The summed E-state index contributed by atoms with van der Waals surface area (Å²) < 4.78 is 0. The molecule has 4 nitrogen and oxygen atoms in total. The van der Waals surface area contributed by atoms with Gasteiger partial charge in [0.25, 0.3) is 0 Å². The lowest BCUT2D eigenvalue weighted by Gasteiger charge is -2.19. The molecule has 3 N–H and O–H groups in total. The molecule has 4 rings (SSSR count). The van der Waals surface area contributed by atoms with Crippen LogP contribution in [0.1, 0.15) is 24.0 Å². The molecule has 4 heteroatoms. The zero-order valence-electron chi connectivity index (χ0n) is 15.6. The quantitative estimate of drug-likeness (QED) is 0.702. The monoisotopic (exact) mass is 370 g/mol. The van der Waals surface area contributed by atoms with Crippen LogP contribution in [0.15, 0.2) is 66.7 Å². The molecule has 0 unspecified atom stereocenters. The summed E-state index contributed by atoms with van der Waals surface area (Å²) in [5, 5.41) is 2.96. The zero-order chi connectivity index (χ0) is 19.5. The average molecular weight is 370 g/mol. The lowest BCUT2D eigenvalue weighted by atomic mass is 9.91. The van der Waals surface area contributed by atoms with Crippen molar-refractivity contribution < 1.29 is 9.59 Å². The summed E-state index contributed by atoms with van der Waals surface area (Å²) in [5.41, 5.74) is 12.8. The van der Waals surface area contributed by atoms with Crippen LogP contribution in [-0.4, -0.2) is 11.8 Å². The van der Waals surface area contributed by atoms with Crippen molar-refractivity contribution in [2.24, 2.45) is 5.73 Å². The highest BCUT2D eigenvalue weighted by Crippen LogP contribution is 2.33. The standard InChI is InChI=1S/C24H22N2O2/c25-23(27)12-9-19-14-18(16-4-2-1-3-5-16)8-11-21(19)20-7-6-17-10-13-24(28)26-22(17)15-20/h1-8,11,14-15H,9-10,12-13H2,(H2,25,27)(H,26,28). The summed E-state index contributed by atoms with van der Waals surface area (Å²) in [6.07, 6.45) is 2.17. The SMILES string of the molecule is NC(=O)CCc1cc(-c2ccccc2)ccc1-c1ccc2c(c1)NC(=O)CC2. The Bertz CT molecular complexity index is 1040. The summed E-state index contributed by atoms with van der Waals surface area (Å²) >= 11 is 0. The molecule has 1 aliphatic rings. The molecular formula is C24H22N2O2. The van der Waals surface area contributed by atoms with Gasteiger partial charge in [0.15, 0.2) is 0 Å². The first-order chi connectivity index (χ1) is 13.6. The van der Waals surface area contributed by atoms with Crippen molar-refractivity contribution in [3.05, 3.63) is 77.9 Å². The van der Waals surface area contributed by atoms with Gasteiger partial charge in [0.05, 0.1) is 0 Å². The second-order valence-electron chi connectivity index (χ2n) is 7.12. The van der Waals surface area contributed by atoms with Gasteiger partial charge in [-0.25, -0.2) is 0 Å². The van der Waals surface area contributed by atoms with Crippen molar-refractivity contribution in [1.29, 1.82) is 0 Å². The molecule has 0 saturated heterocycles. The van der Waals surface area contributed by atoms with Gasteiger partial charge in [-0.3, -0.25) is 9.59 Å². The Balaban J connectivity index is 1.76. The Kier molecular flexibility index (Phi) is 4.94. The van der Waals surface area contributed by atoms with Gasteiger partial charge in [0, 0.05) is 18.5 Å². The molecule has 2 amide bonds. The minimum absolute atomic E-state index is 0.0537. The third-order valence-electron chi connectivity index (χ3n) is 5.17. The Labute approximate surface area is 164 Å². The normalized spacial score (nSPS) is 12.9. The molecule has 3 aromatic rings. The van der Waals surface area contributed by atoms with Crippen molar-refractivity contribution in [2.75, 3.05) is 5.32 Å². The van der Waals surface area contributed by atoms with E-state index in [2.05, 4.69) is 47.8 Å². The van der Waals surface area contributed by atoms with E-state index in [1.807, 2.05) is 24.3 Å². The number of fused-ring (bicyclic) bond motifs is 1. The fourth-order valence-corrected chi connectivity index (χ4v) is 3.69. The lowest BCUT2D eigenvalue weighted by Crippen LogP contribution is -2.18. The predicted octanol–water partition coefficient (Wildman–Crippen LogP) is 4.32. The molecule has 0 aromatic heterocycles. The average Bonchev–Trinajstić information content (AvgIpc) is 2.72. The largest absolute Gasteiger partial charge is 0.370 e.